The van der Waals surface area contributed by atoms with Crippen molar-refractivity contribution in [1.82, 2.24) is 4.90 Å². The van der Waals surface area contributed by atoms with Crippen LogP contribution in [0.5, 0.6) is 11.5 Å². The molecule has 5 nitrogen and oxygen atoms in total. The van der Waals surface area contributed by atoms with E-state index < -0.39 is 5.60 Å². The summed E-state index contributed by atoms with van der Waals surface area (Å²) in [4.78, 5) is 27.2. The minimum absolute atomic E-state index is 0.147. The van der Waals surface area contributed by atoms with Crippen LogP contribution >= 0.6 is 0 Å². The lowest BCUT2D eigenvalue weighted by atomic mass is 9.82. The standard InChI is InChI=1S/C26H31NO4/c1-3-20-7-9-21(10-8-20)30-16-4-5-25(29)27-14-12-26(13-15-27)18-23(28)22-17-19(2)6-11-24(22)31-26/h6-11,17H,3-5,12-16,18H2,1-2H3. The molecule has 1 spiro atoms. The van der Waals surface area contributed by atoms with Crippen LogP contribution in [-0.4, -0.2) is 41.9 Å². The second kappa shape index (κ2) is 9.13. The van der Waals surface area contributed by atoms with Crippen molar-refractivity contribution >= 4 is 11.7 Å². The zero-order chi connectivity index (χ0) is 21.8. The van der Waals surface area contributed by atoms with Crippen molar-refractivity contribution in [3.63, 3.8) is 0 Å². The van der Waals surface area contributed by atoms with Crippen molar-refractivity contribution in [1.29, 1.82) is 0 Å². The summed E-state index contributed by atoms with van der Waals surface area (Å²) in [5, 5.41) is 0. The molecule has 0 aliphatic carbocycles. The molecule has 2 aromatic rings. The van der Waals surface area contributed by atoms with Crippen LogP contribution < -0.4 is 9.47 Å². The number of piperidine rings is 1. The number of nitrogens with zero attached hydrogens (tertiary/aromatic N) is 1. The number of hydrogen-bond donors (Lipinski definition) is 0. The fourth-order valence-corrected chi connectivity index (χ4v) is 4.44. The smallest absolute Gasteiger partial charge is 0.222 e. The molecule has 2 aromatic carbocycles. The highest BCUT2D eigenvalue weighted by atomic mass is 16.5. The molecule has 5 heteroatoms. The maximum absolute atomic E-state index is 12.7. The van der Waals surface area contributed by atoms with Crippen LogP contribution in [0.25, 0.3) is 0 Å². The highest BCUT2D eigenvalue weighted by molar-refractivity contribution is 6.00. The number of benzene rings is 2. The van der Waals surface area contributed by atoms with Crippen molar-refractivity contribution in [2.75, 3.05) is 19.7 Å². The van der Waals surface area contributed by atoms with Gasteiger partial charge in [-0.3, -0.25) is 9.59 Å². The molecule has 4 rings (SSSR count). The number of aryl methyl sites for hydroxylation is 2. The van der Waals surface area contributed by atoms with Gasteiger partial charge < -0.3 is 14.4 Å². The van der Waals surface area contributed by atoms with E-state index in [-0.39, 0.29) is 11.7 Å². The van der Waals surface area contributed by atoms with Gasteiger partial charge >= 0.3 is 0 Å². The SMILES string of the molecule is CCc1ccc(OCCCC(=O)N2CCC3(CC2)CC(=O)c2cc(C)ccc2O3)cc1. The number of Topliss-reactive ketones (excluding diaryl/α,β-unsaturated/α-hetero) is 1. The summed E-state index contributed by atoms with van der Waals surface area (Å²) >= 11 is 0. The van der Waals surface area contributed by atoms with Crippen LogP contribution in [0.4, 0.5) is 0 Å². The van der Waals surface area contributed by atoms with Crippen molar-refractivity contribution in [3.8, 4) is 11.5 Å². The lowest BCUT2D eigenvalue weighted by Gasteiger charge is -2.44. The third kappa shape index (κ3) is 4.92. The van der Waals surface area contributed by atoms with Crippen molar-refractivity contribution in [3.05, 3.63) is 59.2 Å². The first-order valence-electron chi connectivity index (χ1n) is 11.3. The van der Waals surface area contributed by atoms with E-state index in [4.69, 9.17) is 9.47 Å². The highest BCUT2D eigenvalue weighted by Gasteiger charge is 2.43. The number of carbonyl (C=O) groups is 2. The molecule has 1 saturated heterocycles. The van der Waals surface area contributed by atoms with Gasteiger partial charge in [-0.2, -0.15) is 0 Å². The van der Waals surface area contributed by atoms with Crippen molar-refractivity contribution in [2.24, 2.45) is 0 Å². The molecule has 164 valence electrons. The minimum Gasteiger partial charge on any atom is -0.494 e. The predicted molar refractivity (Wildman–Crippen MR) is 120 cm³/mol. The Bertz CT molecular complexity index is 942. The molecule has 0 unspecified atom stereocenters. The first-order valence-corrected chi connectivity index (χ1v) is 11.3. The van der Waals surface area contributed by atoms with Gasteiger partial charge in [0.05, 0.1) is 18.6 Å². The molecule has 0 saturated carbocycles. The number of fused-ring (bicyclic) bond motifs is 1. The fraction of sp³-hybridized carbons (Fsp3) is 0.462. The lowest BCUT2D eigenvalue weighted by molar-refractivity contribution is -0.135. The van der Waals surface area contributed by atoms with E-state index in [2.05, 4.69) is 19.1 Å². The van der Waals surface area contributed by atoms with Crippen LogP contribution in [-0.2, 0) is 11.2 Å². The van der Waals surface area contributed by atoms with Crippen LogP contribution in [0.3, 0.4) is 0 Å². The molecule has 1 amide bonds. The van der Waals surface area contributed by atoms with Gasteiger partial charge in [0.1, 0.15) is 17.1 Å². The van der Waals surface area contributed by atoms with Gasteiger partial charge in [0.15, 0.2) is 5.78 Å². The average molecular weight is 422 g/mol. The molecule has 0 aromatic heterocycles. The number of likely N-dealkylation sites (tertiary alicyclic amines) is 1. The maximum atomic E-state index is 12.7. The first-order chi connectivity index (χ1) is 15.0. The number of amides is 1. The van der Waals surface area contributed by atoms with Gasteiger partial charge in [-0.15, -0.1) is 0 Å². The van der Waals surface area contributed by atoms with E-state index in [0.29, 0.717) is 63.1 Å². The van der Waals surface area contributed by atoms with Gasteiger partial charge in [0, 0.05) is 32.4 Å². The van der Waals surface area contributed by atoms with E-state index >= 15 is 0 Å². The Hall–Kier alpha value is -2.82. The molecule has 31 heavy (non-hydrogen) atoms. The summed E-state index contributed by atoms with van der Waals surface area (Å²) in [6.07, 6.45) is 3.96. The number of carbonyl (C=O) groups excluding carboxylic acids is 2. The minimum atomic E-state index is -0.468. The number of ether oxygens (including phenoxy) is 2. The Morgan fingerprint density at radius 1 is 1.13 bits per heavy atom. The molecule has 0 bridgehead atoms. The summed E-state index contributed by atoms with van der Waals surface area (Å²) in [6.45, 7) is 5.90. The summed E-state index contributed by atoms with van der Waals surface area (Å²) in [5.74, 6) is 1.83. The normalized spacial score (nSPS) is 17.2. The van der Waals surface area contributed by atoms with Gasteiger partial charge in [-0.05, 0) is 49.6 Å². The van der Waals surface area contributed by atoms with Crippen LogP contribution in [0.2, 0.25) is 0 Å². The van der Waals surface area contributed by atoms with E-state index in [0.717, 1.165) is 17.7 Å². The molecule has 0 N–H and O–H groups in total. The molecule has 2 aliphatic heterocycles. The van der Waals surface area contributed by atoms with Gasteiger partial charge in [0.25, 0.3) is 0 Å². The Labute approximate surface area is 184 Å². The second-order valence-corrected chi connectivity index (χ2v) is 8.71. The molecule has 2 heterocycles. The quantitative estimate of drug-likeness (QED) is 0.632. The van der Waals surface area contributed by atoms with Gasteiger partial charge in [-0.1, -0.05) is 30.7 Å². The number of hydrogen-bond acceptors (Lipinski definition) is 4. The summed E-state index contributed by atoms with van der Waals surface area (Å²) in [6, 6.07) is 13.9. The number of rotatable bonds is 6. The third-order valence-corrected chi connectivity index (χ3v) is 6.41. The zero-order valence-corrected chi connectivity index (χ0v) is 18.5. The molecule has 0 atom stereocenters. The first kappa shape index (κ1) is 21.4. The second-order valence-electron chi connectivity index (χ2n) is 8.71. The van der Waals surface area contributed by atoms with Crippen molar-refractivity contribution < 1.29 is 19.1 Å². The fourth-order valence-electron chi connectivity index (χ4n) is 4.44. The Kier molecular flexibility index (Phi) is 6.30. The molecular formula is C26H31NO4. The summed E-state index contributed by atoms with van der Waals surface area (Å²) in [5.41, 5.74) is 2.57. The summed E-state index contributed by atoms with van der Waals surface area (Å²) < 4.78 is 12.1. The van der Waals surface area contributed by atoms with Crippen LogP contribution in [0, 0.1) is 6.92 Å². The van der Waals surface area contributed by atoms with Crippen molar-refractivity contribution in [2.45, 2.75) is 58.0 Å². The topological polar surface area (TPSA) is 55.8 Å². The van der Waals surface area contributed by atoms with E-state index in [1.807, 2.05) is 42.2 Å². The Morgan fingerprint density at radius 2 is 1.87 bits per heavy atom. The summed E-state index contributed by atoms with van der Waals surface area (Å²) in [7, 11) is 0. The monoisotopic (exact) mass is 421 g/mol. The highest BCUT2D eigenvalue weighted by Crippen LogP contribution is 2.39. The van der Waals surface area contributed by atoms with Crippen LogP contribution in [0.15, 0.2) is 42.5 Å². The van der Waals surface area contributed by atoms with E-state index in [1.165, 1.54) is 5.56 Å². The molecule has 1 fully saturated rings. The number of ketones is 1. The largest absolute Gasteiger partial charge is 0.494 e. The molecular weight excluding hydrogens is 390 g/mol. The average Bonchev–Trinajstić information content (AvgIpc) is 2.78. The Balaban J connectivity index is 1.23. The Morgan fingerprint density at radius 3 is 2.58 bits per heavy atom. The lowest BCUT2D eigenvalue weighted by Crippen LogP contribution is -2.52. The van der Waals surface area contributed by atoms with E-state index in [9.17, 15) is 9.59 Å². The van der Waals surface area contributed by atoms with Gasteiger partial charge in [0.2, 0.25) is 5.91 Å². The predicted octanol–water partition coefficient (Wildman–Crippen LogP) is 4.74. The van der Waals surface area contributed by atoms with E-state index in [1.54, 1.807) is 0 Å². The zero-order valence-electron chi connectivity index (χ0n) is 18.5. The maximum Gasteiger partial charge on any atom is 0.222 e. The third-order valence-electron chi connectivity index (χ3n) is 6.41. The van der Waals surface area contributed by atoms with Gasteiger partial charge in [-0.25, -0.2) is 0 Å². The molecule has 0 radical (unpaired) electrons. The van der Waals surface area contributed by atoms with Crippen LogP contribution in [0.1, 0.15) is 60.5 Å². The molecule has 2 aliphatic rings.